The molecule has 2 aliphatic rings. The lowest BCUT2D eigenvalue weighted by Gasteiger charge is -2.16. The van der Waals surface area contributed by atoms with Crippen molar-refractivity contribution >= 4 is 35.3 Å². The third-order valence-corrected chi connectivity index (χ3v) is 7.93. The van der Waals surface area contributed by atoms with Gasteiger partial charge in [0.1, 0.15) is 5.69 Å². The minimum Gasteiger partial charge on any atom is -0.356 e. The van der Waals surface area contributed by atoms with Crippen LogP contribution in [-0.2, 0) is 16.1 Å². The molecule has 3 unspecified atom stereocenters. The smallest absolute Gasteiger partial charge is 0.315 e. The first-order chi connectivity index (χ1) is 18.2. The zero-order valence-electron chi connectivity index (χ0n) is 20.5. The summed E-state index contributed by atoms with van der Waals surface area (Å²) in [6, 6.07) is 0.240. The molecule has 0 spiro atoms. The van der Waals surface area contributed by atoms with Crippen LogP contribution in [-0.4, -0.2) is 47.5 Å². The lowest BCUT2D eigenvalue weighted by Crippen LogP contribution is -2.36. The van der Waals surface area contributed by atoms with Crippen LogP contribution in [0.3, 0.4) is 0 Å². The van der Waals surface area contributed by atoms with Crippen LogP contribution in [0, 0.1) is 23.3 Å². The molecule has 1 aromatic rings. The Labute approximate surface area is 220 Å². The molecule has 0 radical (unpaired) electrons. The van der Waals surface area contributed by atoms with Gasteiger partial charge in [-0.05, 0) is 31.2 Å². The van der Waals surface area contributed by atoms with Gasteiger partial charge in [0.15, 0.2) is 23.3 Å². The summed E-state index contributed by atoms with van der Waals surface area (Å²) in [5.41, 5.74) is 5.83. The SMILES string of the molecule is [N-]=[N+]=Nc1c(F)c(F)c(CNC(=O)CCCCCNC(=O)CCCCC2SCC3NC(=O)NC32)c(F)c1F. The van der Waals surface area contributed by atoms with Crippen molar-refractivity contribution in [3.05, 3.63) is 39.3 Å². The van der Waals surface area contributed by atoms with Crippen LogP contribution in [0.25, 0.3) is 10.4 Å². The number of nitrogens with zero attached hydrogens (tertiary/aromatic N) is 3. The van der Waals surface area contributed by atoms with Crippen molar-refractivity contribution in [1.82, 2.24) is 21.3 Å². The van der Waals surface area contributed by atoms with E-state index in [4.69, 9.17) is 5.53 Å². The number of hydrogen-bond acceptors (Lipinski definition) is 5. The maximum atomic E-state index is 14.0. The van der Waals surface area contributed by atoms with Crippen LogP contribution in [0.5, 0.6) is 0 Å². The number of unbranched alkanes of at least 4 members (excludes halogenated alkanes) is 3. The second-order valence-electron chi connectivity index (χ2n) is 9.08. The number of nitrogens with one attached hydrogen (secondary N) is 4. The van der Waals surface area contributed by atoms with Crippen LogP contribution in [0.15, 0.2) is 5.11 Å². The first-order valence-corrected chi connectivity index (χ1v) is 13.4. The summed E-state index contributed by atoms with van der Waals surface area (Å²) in [6.45, 7) is -0.323. The molecule has 0 bridgehead atoms. The highest BCUT2D eigenvalue weighted by atomic mass is 32.2. The minimum absolute atomic E-state index is 0.0238. The van der Waals surface area contributed by atoms with Gasteiger partial charge in [0.25, 0.3) is 0 Å². The molecule has 208 valence electrons. The van der Waals surface area contributed by atoms with Gasteiger partial charge in [-0.15, -0.1) is 0 Å². The number of thioether (sulfide) groups is 1. The molecule has 4 N–H and O–H groups in total. The van der Waals surface area contributed by atoms with Crippen LogP contribution in [0.4, 0.5) is 28.0 Å². The number of halogens is 4. The molecule has 10 nitrogen and oxygen atoms in total. The summed E-state index contributed by atoms with van der Waals surface area (Å²) in [5.74, 6) is -6.87. The number of rotatable bonds is 14. The van der Waals surface area contributed by atoms with E-state index in [2.05, 4.69) is 31.3 Å². The summed E-state index contributed by atoms with van der Waals surface area (Å²) >= 11 is 1.84. The maximum Gasteiger partial charge on any atom is 0.315 e. The van der Waals surface area contributed by atoms with E-state index in [1.54, 1.807) is 0 Å². The van der Waals surface area contributed by atoms with Crippen molar-refractivity contribution in [2.75, 3.05) is 12.3 Å². The topological polar surface area (TPSA) is 148 Å². The normalized spacial score (nSPS) is 19.8. The van der Waals surface area contributed by atoms with Crippen molar-refractivity contribution in [3.8, 4) is 0 Å². The van der Waals surface area contributed by atoms with Crippen molar-refractivity contribution in [2.45, 2.75) is 75.2 Å². The number of azide groups is 1. The van der Waals surface area contributed by atoms with E-state index in [1.165, 1.54) is 0 Å². The molecule has 38 heavy (non-hydrogen) atoms. The Balaban J connectivity index is 1.23. The van der Waals surface area contributed by atoms with E-state index < -0.39 is 47.0 Å². The van der Waals surface area contributed by atoms with E-state index in [0.717, 1.165) is 25.0 Å². The summed E-state index contributed by atoms with van der Waals surface area (Å²) in [6.07, 6.45) is 4.71. The van der Waals surface area contributed by atoms with E-state index in [0.29, 0.717) is 37.5 Å². The largest absolute Gasteiger partial charge is 0.356 e. The van der Waals surface area contributed by atoms with E-state index in [-0.39, 0.29) is 30.4 Å². The molecule has 1 aromatic carbocycles. The van der Waals surface area contributed by atoms with Gasteiger partial charge >= 0.3 is 6.03 Å². The average molecular weight is 560 g/mol. The second kappa shape index (κ2) is 14.1. The predicted octanol–water partition coefficient (Wildman–Crippen LogP) is 4.20. The highest BCUT2D eigenvalue weighted by molar-refractivity contribution is 8.00. The Kier molecular flexibility index (Phi) is 10.9. The molecule has 2 aliphatic heterocycles. The van der Waals surface area contributed by atoms with Gasteiger partial charge in [-0.2, -0.15) is 11.8 Å². The molecule has 0 aromatic heterocycles. The van der Waals surface area contributed by atoms with Crippen LogP contribution >= 0.6 is 11.8 Å². The summed E-state index contributed by atoms with van der Waals surface area (Å²) in [5, 5.41) is 13.9. The molecule has 3 atom stereocenters. The Bertz CT molecular complexity index is 1070. The Morgan fingerprint density at radius 3 is 2.29 bits per heavy atom. The van der Waals surface area contributed by atoms with Gasteiger partial charge in [-0.25, -0.2) is 22.4 Å². The van der Waals surface area contributed by atoms with Crippen LogP contribution in [0.1, 0.15) is 56.9 Å². The van der Waals surface area contributed by atoms with Crippen LogP contribution in [0.2, 0.25) is 0 Å². The molecular weight excluding hydrogens is 530 g/mol. The third kappa shape index (κ3) is 7.67. The highest BCUT2D eigenvalue weighted by Crippen LogP contribution is 2.33. The predicted molar refractivity (Wildman–Crippen MR) is 132 cm³/mol. The van der Waals surface area contributed by atoms with Gasteiger partial charge in [0.05, 0.1) is 12.1 Å². The Hall–Kier alpha value is -3.19. The maximum absolute atomic E-state index is 14.0. The first kappa shape index (κ1) is 29.4. The van der Waals surface area contributed by atoms with Crippen molar-refractivity contribution in [2.24, 2.45) is 5.11 Å². The first-order valence-electron chi connectivity index (χ1n) is 12.3. The zero-order valence-corrected chi connectivity index (χ0v) is 21.3. The number of benzene rings is 1. The Morgan fingerprint density at radius 1 is 0.947 bits per heavy atom. The number of amides is 4. The monoisotopic (exact) mass is 559 g/mol. The molecule has 2 saturated heterocycles. The molecule has 0 saturated carbocycles. The number of carbonyl (C=O) groups excluding carboxylic acids is 3. The summed E-state index contributed by atoms with van der Waals surface area (Å²) in [4.78, 5) is 37.5. The van der Waals surface area contributed by atoms with Gasteiger partial charge in [0, 0.05) is 47.4 Å². The standard InChI is InChI=1S/C23H29F4N7O3S/c24-17-12(18(25)20(27)22(19(17)26)33-34-28)10-30-16(36)7-2-1-5-9-29-15(35)8-4-3-6-14-21-13(11-38-14)31-23(37)32-21/h13-14,21H,1-11H2,(H,29,35)(H,30,36)(H2,31,32,37). The molecule has 0 aliphatic carbocycles. The molecule has 2 heterocycles. The van der Waals surface area contributed by atoms with E-state index in [9.17, 15) is 31.9 Å². The van der Waals surface area contributed by atoms with Gasteiger partial charge in [0.2, 0.25) is 11.8 Å². The second-order valence-corrected chi connectivity index (χ2v) is 10.3. The number of fused-ring (bicyclic) bond motifs is 1. The Morgan fingerprint density at radius 2 is 1.61 bits per heavy atom. The summed E-state index contributed by atoms with van der Waals surface area (Å²) < 4.78 is 55.6. The fourth-order valence-electron chi connectivity index (χ4n) is 4.41. The fraction of sp³-hybridized carbons (Fsp3) is 0.609. The van der Waals surface area contributed by atoms with Gasteiger partial charge < -0.3 is 21.3 Å². The quantitative estimate of drug-likeness (QED) is 0.0514. The minimum atomic E-state index is -1.84. The number of hydrogen-bond donors (Lipinski definition) is 4. The van der Waals surface area contributed by atoms with Crippen molar-refractivity contribution in [3.63, 3.8) is 0 Å². The fourth-order valence-corrected chi connectivity index (χ4v) is 5.95. The zero-order chi connectivity index (χ0) is 27.7. The molecule has 3 rings (SSSR count). The van der Waals surface area contributed by atoms with Crippen molar-refractivity contribution < 1.29 is 31.9 Å². The summed E-state index contributed by atoms with van der Waals surface area (Å²) in [7, 11) is 0. The molecule has 2 fully saturated rings. The van der Waals surface area contributed by atoms with Gasteiger partial charge in [-0.3, -0.25) is 9.59 Å². The lowest BCUT2D eigenvalue weighted by atomic mass is 10.0. The number of urea groups is 1. The van der Waals surface area contributed by atoms with Crippen molar-refractivity contribution in [1.29, 1.82) is 0 Å². The highest BCUT2D eigenvalue weighted by Gasteiger charge is 2.42. The molecular formula is C23H29F4N7O3S. The number of carbonyl (C=O) groups is 3. The lowest BCUT2D eigenvalue weighted by molar-refractivity contribution is -0.122. The third-order valence-electron chi connectivity index (χ3n) is 6.42. The average Bonchev–Trinajstić information content (AvgIpc) is 3.44. The van der Waals surface area contributed by atoms with E-state index in [1.807, 2.05) is 11.8 Å². The van der Waals surface area contributed by atoms with Crippen LogP contribution < -0.4 is 21.3 Å². The van der Waals surface area contributed by atoms with Gasteiger partial charge in [-0.1, -0.05) is 18.0 Å². The van der Waals surface area contributed by atoms with E-state index >= 15 is 0 Å². The molecule has 15 heteroatoms. The molecule has 4 amide bonds.